The molecule has 0 saturated carbocycles. The van der Waals surface area contributed by atoms with Crippen molar-refractivity contribution in [2.45, 2.75) is 18.5 Å². The Hall–Kier alpha value is -3.93. The lowest BCUT2D eigenvalue weighted by atomic mass is 10.3. The van der Waals surface area contributed by atoms with Crippen molar-refractivity contribution < 1.29 is 19.2 Å². The van der Waals surface area contributed by atoms with Crippen LogP contribution in [-0.2, 0) is 23.1 Å². The largest absolute Gasteiger partial charge is 0.494 e. The van der Waals surface area contributed by atoms with E-state index in [0.29, 0.717) is 29.0 Å². The summed E-state index contributed by atoms with van der Waals surface area (Å²) >= 11 is 1.16. The topological polar surface area (TPSA) is 141 Å². The van der Waals surface area contributed by atoms with Gasteiger partial charge >= 0.3 is 0 Å². The lowest BCUT2D eigenvalue weighted by Gasteiger charge is -2.07. The lowest BCUT2D eigenvalue weighted by Crippen LogP contribution is -2.17. The number of anilines is 2. The van der Waals surface area contributed by atoms with Crippen LogP contribution in [0.15, 0.2) is 53.7 Å². The second-order valence-electron chi connectivity index (χ2n) is 6.78. The molecule has 0 aliphatic rings. The maximum Gasteiger partial charge on any atom is 0.269 e. The van der Waals surface area contributed by atoms with Gasteiger partial charge < -0.3 is 19.9 Å². The summed E-state index contributed by atoms with van der Waals surface area (Å²) in [6.07, 6.45) is 0.0201. The number of hydrogen-bond acceptors (Lipinski definition) is 8. The average Bonchev–Trinajstić information content (AvgIpc) is 3.13. The molecule has 3 aromatic rings. The number of hydrogen-bond donors (Lipinski definition) is 2. The first-order valence-electron chi connectivity index (χ1n) is 9.93. The van der Waals surface area contributed by atoms with E-state index in [0.717, 1.165) is 17.5 Å². The van der Waals surface area contributed by atoms with E-state index in [1.807, 2.05) is 6.92 Å². The zero-order chi connectivity index (χ0) is 23.8. The van der Waals surface area contributed by atoms with E-state index in [1.54, 1.807) is 35.9 Å². The lowest BCUT2D eigenvalue weighted by molar-refractivity contribution is -0.384. The van der Waals surface area contributed by atoms with E-state index in [9.17, 15) is 19.7 Å². The Balaban J connectivity index is 1.49. The second kappa shape index (κ2) is 11.1. The van der Waals surface area contributed by atoms with Crippen molar-refractivity contribution in [3.8, 4) is 5.75 Å². The summed E-state index contributed by atoms with van der Waals surface area (Å²) in [7, 11) is 1.72. The third-order valence-corrected chi connectivity index (χ3v) is 5.41. The minimum atomic E-state index is -0.508. The number of benzene rings is 2. The number of amides is 2. The van der Waals surface area contributed by atoms with Crippen LogP contribution in [-0.4, -0.2) is 43.9 Å². The molecular formula is C21H22N6O5S. The molecule has 1 heterocycles. The van der Waals surface area contributed by atoms with Crippen LogP contribution in [0.4, 0.5) is 17.1 Å². The molecule has 0 radical (unpaired) electrons. The molecule has 2 aromatic carbocycles. The Bertz CT molecular complexity index is 1130. The molecule has 33 heavy (non-hydrogen) atoms. The highest BCUT2D eigenvalue weighted by atomic mass is 32.2. The van der Waals surface area contributed by atoms with Gasteiger partial charge in [-0.2, -0.15) is 0 Å². The number of nitro groups is 1. The minimum absolute atomic E-state index is 0.0201. The molecule has 3 rings (SSSR count). The highest BCUT2D eigenvalue weighted by Crippen LogP contribution is 2.19. The Morgan fingerprint density at radius 3 is 2.24 bits per heavy atom. The molecule has 0 saturated heterocycles. The molecule has 2 amide bonds. The van der Waals surface area contributed by atoms with Crippen molar-refractivity contribution in [1.82, 2.24) is 14.8 Å². The predicted octanol–water partition coefficient (Wildman–Crippen LogP) is 3.03. The van der Waals surface area contributed by atoms with Gasteiger partial charge in [-0.25, -0.2) is 0 Å². The number of non-ortho nitro benzene ring substituents is 1. The van der Waals surface area contributed by atoms with Crippen molar-refractivity contribution in [2.75, 3.05) is 23.0 Å². The summed E-state index contributed by atoms with van der Waals surface area (Å²) in [4.78, 5) is 34.7. The first-order chi connectivity index (χ1) is 15.9. The van der Waals surface area contributed by atoms with Crippen LogP contribution in [0.5, 0.6) is 5.75 Å². The molecule has 2 N–H and O–H groups in total. The Morgan fingerprint density at radius 1 is 1.03 bits per heavy atom. The number of ether oxygens (including phenoxy) is 1. The highest BCUT2D eigenvalue weighted by molar-refractivity contribution is 7.99. The molecule has 0 atom stereocenters. The van der Waals surface area contributed by atoms with Gasteiger partial charge in [0.05, 0.1) is 23.7 Å². The molecule has 0 bridgehead atoms. The normalized spacial score (nSPS) is 10.5. The van der Waals surface area contributed by atoms with Gasteiger partial charge in [0.25, 0.3) is 5.69 Å². The predicted molar refractivity (Wildman–Crippen MR) is 123 cm³/mol. The molecule has 0 unspecified atom stereocenters. The second-order valence-corrected chi connectivity index (χ2v) is 7.72. The number of thioether (sulfide) groups is 1. The number of aromatic nitrogens is 3. The van der Waals surface area contributed by atoms with Crippen LogP contribution in [0.2, 0.25) is 0 Å². The third kappa shape index (κ3) is 6.77. The zero-order valence-electron chi connectivity index (χ0n) is 18.0. The van der Waals surface area contributed by atoms with Crippen molar-refractivity contribution in [2.24, 2.45) is 7.05 Å². The summed E-state index contributed by atoms with van der Waals surface area (Å²) in [6.45, 7) is 2.46. The maximum absolute atomic E-state index is 12.4. The fourth-order valence-electron chi connectivity index (χ4n) is 2.77. The van der Waals surface area contributed by atoms with Crippen molar-refractivity contribution in [3.05, 3.63) is 64.5 Å². The van der Waals surface area contributed by atoms with Gasteiger partial charge in [-0.1, -0.05) is 11.8 Å². The first kappa shape index (κ1) is 23.7. The quantitative estimate of drug-likeness (QED) is 0.262. The number of nitrogens with one attached hydrogen (secondary N) is 2. The van der Waals surface area contributed by atoms with Gasteiger partial charge in [-0.3, -0.25) is 19.7 Å². The van der Waals surface area contributed by atoms with Crippen LogP contribution in [0.3, 0.4) is 0 Å². The van der Waals surface area contributed by atoms with Crippen LogP contribution in [0.1, 0.15) is 12.7 Å². The molecular weight excluding hydrogens is 448 g/mol. The molecule has 1 aromatic heterocycles. The number of nitrogens with zero attached hydrogens (tertiary/aromatic N) is 4. The first-order valence-corrected chi connectivity index (χ1v) is 10.9. The summed E-state index contributed by atoms with van der Waals surface area (Å²) < 4.78 is 7.03. The molecule has 0 aliphatic heterocycles. The van der Waals surface area contributed by atoms with Crippen molar-refractivity contribution in [1.29, 1.82) is 0 Å². The summed E-state index contributed by atoms with van der Waals surface area (Å²) in [6, 6.07) is 12.6. The minimum Gasteiger partial charge on any atom is -0.494 e. The molecule has 11 nitrogen and oxygen atoms in total. The standard InChI is InChI=1S/C21H22N6O5S/c1-3-32-17-10-6-15(7-11-17)22-19(28)12-18-24-25-21(26(18)2)33-13-20(29)23-14-4-8-16(9-5-14)27(30)31/h4-11H,3,12-13H2,1-2H3,(H,22,28)(H,23,29). The van der Waals surface area contributed by atoms with Crippen molar-refractivity contribution in [3.63, 3.8) is 0 Å². The number of carbonyl (C=O) groups is 2. The Kier molecular flexibility index (Phi) is 7.97. The molecule has 172 valence electrons. The van der Waals surface area contributed by atoms with Crippen LogP contribution < -0.4 is 15.4 Å². The smallest absolute Gasteiger partial charge is 0.269 e. The molecule has 0 fully saturated rings. The fraction of sp³-hybridized carbons (Fsp3) is 0.238. The van der Waals surface area contributed by atoms with Crippen molar-refractivity contribution >= 4 is 40.6 Å². The van der Waals surface area contributed by atoms with E-state index < -0.39 is 4.92 Å². The SMILES string of the molecule is CCOc1ccc(NC(=O)Cc2nnc(SCC(=O)Nc3ccc([N+](=O)[O-])cc3)n2C)cc1. The van der Waals surface area contributed by atoms with Gasteiger partial charge in [0.2, 0.25) is 11.8 Å². The van der Waals surface area contributed by atoms with Gasteiger partial charge in [0.15, 0.2) is 5.16 Å². The summed E-state index contributed by atoms with van der Waals surface area (Å²) in [5, 5.41) is 24.7. The van der Waals surface area contributed by atoms with E-state index >= 15 is 0 Å². The maximum atomic E-state index is 12.4. The number of rotatable bonds is 10. The van der Waals surface area contributed by atoms with Crippen LogP contribution in [0.25, 0.3) is 0 Å². The van der Waals surface area contributed by atoms with Gasteiger partial charge in [-0.05, 0) is 43.3 Å². The molecule has 12 heteroatoms. The zero-order valence-corrected chi connectivity index (χ0v) is 18.8. The molecule has 0 spiro atoms. The monoisotopic (exact) mass is 470 g/mol. The van der Waals surface area contributed by atoms with Gasteiger partial charge in [0, 0.05) is 30.6 Å². The van der Waals surface area contributed by atoms with Gasteiger partial charge in [0.1, 0.15) is 11.6 Å². The van der Waals surface area contributed by atoms with E-state index in [2.05, 4.69) is 20.8 Å². The third-order valence-electron chi connectivity index (χ3n) is 4.39. The Labute approximate surface area is 193 Å². The fourth-order valence-corrected chi connectivity index (χ4v) is 3.50. The van der Waals surface area contributed by atoms with Crippen LogP contribution in [0, 0.1) is 10.1 Å². The number of nitro benzene ring substituents is 1. The number of carbonyl (C=O) groups excluding carboxylic acids is 2. The highest BCUT2D eigenvalue weighted by Gasteiger charge is 2.15. The van der Waals surface area contributed by atoms with E-state index in [4.69, 9.17) is 4.74 Å². The average molecular weight is 471 g/mol. The summed E-state index contributed by atoms with van der Waals surface area (Å²) in [5.74, 6) is 0.690. The van der Waals surface area contributed by atoms with E-state index in [1.165, 1.54) is 24.3 Å². The van der Waals surface area contributed by atoms with Crippen LogP contribution >= 0.6 is 11.8 Å². The summed E-state index contributed by atoms with van der Waals surface area (Å²) in [5.41, 5.74) is 1.04. The molecule has 0 aliphatic carbocycles. The Morgan fingerprint density at radius 2 is 1.64 bits per heavy atom. The van der Waals surface area contributed by atoms with Gasteiger partial charge in [-0.15, -0.1) is 10.2 Å². The van der Waals surface area contributed by atoms with E-state index in [-0.39, 0.29) is 29.7 Å².